The van der Waals surface area contributed by atoms with Crippen molar-refractivity contribution in [1.82, 2.24) is 19.7 Å². The van der Waals surface area contributed by atoms with Crippen LogP contribution < -0.4 is 4.72 Å². The minimum absolute atomic E-state index is 0.0279. The summed E-state index contributed by atoms with van der Waals surface area (Å²) in [6.07, 6.45) is 0.120. The average molecular weight is 369 g/mol. The number of aromatic nitrogens is 3. The minimum atomic E-state index is -4.08. The van der Waals surface area contributed by atoms with Crippen molar-refractivity contribution < 1.29 is 23.1 Å². The first-order valence-electron chi connectivity index (χ1n) is 5.69. The Hall–Kier alpha value is -1.04. The molecule has 2 heterocycles. The van der Waals surface area contributed by atoms with Crippen molar-refractivity contribution in [1.29, 1.82) is 0 Å². The van der Waals surface area contributed by atoms with E-state index in [4.69, 9.17) is 4.74 Å². The maximum Gasteiger partial charge on any atom is 0.325 e. The monoisotopic (exact) mass is 368 g/mol. The van der Waals surface area contributed by atoms with E-state index in [-0.39, 0.29) is 35.7 Å². The molecule has 11 heteroatoms. The normalized spacial score (nSPS) is 18.9. The fourth-order valence-corrected chi connectivity index (χ4v) is 4.51. The molecule has 0 aromatic carbocycles. The number of hydrogen-bond donors (Lipinski definition) is 2. The number of nitrogens with zero attached hydrogens (tertiary/aromatic N) is 3. The number of nitrogens with one attached hydrogen (secondary N) is 1. The molecule has 0 amide bonds. The molecule has 0 saturated carbocycles. The molecule has 0 spiro atoms. The lowest BCUT2D eigenvalue weighted by Gasteiger charge is -2.33. The molecule has 0 unspecified atom stereocenters. The van der Waals surface area contributed by atoms with Crippen molar-refractivity contribution >= 4 is 31.9 Å². The number of carboxylic acids is 1. The molecule has 2 N–H and O–H groups in total. The third-order valence-corrected chi connectivity index (χ3v) is 5.50. The van der Waals surface area contributed by atoms with E-state index in [9.17, 15) is 18.3 Å². The van der Waals surface area contributed by atoms with Crippen LogP contribution in [0.25, 0.3) is 0 Å². The second kappa shape index (κ2) is 5.39. The number of hydrogen-bond acceptors (Lipinski definition) is 6. The van der Waals surface area contributed by atoms with Crippen molar-refractivity contribution in [3.05, 3.63) is 4.60 Å². The average Bonchev–Trinajstić information content (AvgIpc) is 2.70. The molecule has 0 bridgehead atoms. The Morgan fingerprint density at radius 2 is 2.10 bits per heavy atom. The molecule has 112 valence electrons. The minimum Gasteiger partial charge on any atom is -0.480 e. The topological polar surface area (TPSA) is 123 Å². The van der Waals surface area contributed by atoms with Crippen molar-refractivity contribution in [2.75, 3.05) is 13.2 Å². The third kappa shape index (κ3) is 2.71. The van der Waals surface area contributed by atoms with E-state index in [1.54, 1.807) is 0 Å². The molecular formula is C9H13BrN4O5S. The van der Waals surface area contributed by atoms with Crippen LogP contribution in [0.4, 0.5) is 0 Å². The van der Waals surface area contributed by atoms with Gasteiger partial charge < -0.3 is 9.84 Å². The highest BCUT2D eigenvalue weighted by atomic mass is 79.9. The van der Waals surface area contributed by atoms with E-state index >= 15 is 0 Å². The van der Waals surface area contributed by atoms with Gasteiger partial charge in [-0.25, -0.2) is 13.1 Å². The summed E-state index contributed by atoms with van der Waals surface area (Å²) in [5.74, 6) is -1.23. The van der Waals surface area contributed by atoms with Crippen molar-refractivity contribution in [2.24, 2.45) is 7.05 Å². The lowest BCUT2D eigenvalue weighted by Crippen LogP contribution is -2.57. The van der Waals surface area contributed by atoms with E-state index in [1.807, 2.05) is 0 Å². The van der Waals surface area contributed by atoms with Gasteiger partial charge in [-0.3, -0.25) is 4.79 Å². The summed E-state index contributed by atoms with van der Waals surface area (Å²) in [5, 5.41) is 16.3. The first-order chi connectivity index (χ1) is 9.28. The summed E-state index contributed by atoms with van der Waals surface area (Å²) in [7, 11) is -2.67. The fraction of sp³-hybridized carbons (Fsp3) is 0.667. The number of aliphatic carboxylic acids is 1. The Bertz CT molecular complexity index is 603. The molecule has 1 aromatic rings. The summed E-state index contributed by atoms with van der Waals surface area (Å²) >= 11 is 2.99. The van der Waals surface area contributed by atoms with Crippen LogP contribution in [-0.2, 0) is 26.6 Å². The van der Waals surface area contributed by atoms with Gasteiger partial charge in [0.2, 0.25) is 5.03 Å². The second-order valence-corrected chi connectivity index (χ2v) is 6.76. The van der Waals surface area contributed by atoms with Gasteiger partial charge in [0.1, 0.15) is 5.54 Å². The number of aryl methyl sites for hydroxylation is 1. The van der Waals surface area contributed by atoms with E-state index < -0.39 is 21.5 Å². The van der Waals surface area contributed by atoms with Gasteiger partial charge in [0, 0.05) is 33.1 Å². The zero-order valence-corrected chi connectivity index (χ0v) is 12.9. The Kier molecular flexibility index (Phi) is 4.14. The highest BCUT2D eigenvalue weighted by Gasteiger charge is 2.45. The van der Waals surface area contributed by atoms with Gasteiger partial charge in [0.15, 0.2) is 4.60 Å². The van der Waals surface area contributed by atoms with Crippen LogP contribution >= 0.6 is 15.9 Å². The van der Waals surface area contributed by atoms with Crippen LogP contribution in [-0.4, -0.2) is 53.2 Å². The van der Waals surface area contributed by atoms with Crippen LogP contribution in [0.2, 0.25) is 0 Å². The SMILES string of the molecule is Cn1nnc(Br)c1S(=O)(=O)NC1(C(=O)O)CCOCC1. The molecule has 1 aliphatic heterocycles. The van der Waals surface area contributed by atoms with E-state index in [0.717, 1.165) is 4.68 Å². The Balaban J connectivity index is 2.38. The lowest BCUT2D eigenvalue weighted by atomic mass is 9.92. The summed E-state index contributed by atoms with van der Waals surface area (Å²) in [6.45, 7) is 0.360. The summed E-state index contributed by atoms with van der Waals surface area (Å²) < 4.78 is 33.2. The number of ether oxygens (including phenoxy) is 1. The van der Waals surface area contributed by atoms with E-state index in [2.05, 4.69) is 31.0 Å². The molecule has 0 radical (unpaired) electrons. The molecule has 2 rings (SSSR count). The van der Waals surface area contributed by atoms with Crippen molar-refractivity contribution in [3.8, 4) is 0 Å². The number of halogens is 1. The van der Waals surface area contributed by atoms with Gasteiger partial charge in [0.25, 0.3) is 10.0 Å². The fourth-order valence-electron chi connectivity index (χ4n) is 1.99. The largest absolute Gasteiger partial charge is 0.480 e. The van der Waals surface area contributed by atoms with Gasteiger partial charge in [-0.05, 0) is 15.9 Å². The predicted molar refractivity (Wildman–Crippen MR) is 69.4 cm³/mol. The molecule has 0 atom stereocenters. The van der Waals surface area contributed by atoms with Crippen LogP contribution in [0.5, 0.6) is 0 Å². The quantitative estimate of drug-likeness (QED) is 0.733. The summed E-state index contributed by atoms with van der Waals surface area (Å²) in [5.41, 5.74) is -1.57. The number of sulfonamides is 1. The molecule has 1 aromatic heterocycles. The van der Waals surface area contributed by atoms with Gasteiger partial charge in [-0.1, -0.05) is 5.21 Å². The highest BCUT2D eigenvalue weighted by Crippen LogP contribution is 2.26. The highest BCUT2D eigenvalue weighted by molar-refractivity contribution is 9.10. The summed E-state index contributed by atoms with van der Waals surface area (Å²) in [6, 6.07) is 0. The van der Waals surface area contributed by atoms with E-state index in [0.29, 0.717) is 0 Å². The maximum absolute atomic E-state index is 12.4. The maximum atomic E-state index is 12.4. The molecular weight excluding hydrogens is 356 g/mol. The standard InChI is InChI=1S/C9H13BrN4O5S/c1-14-7(6(10)11-13-14)20(17,18)12-9(8(15)16)2-4-19-5-3-9/h12H,2-5H2,1H3,(H,15,16). The van der Waals surface area contributed by atoms with Gasteiger partial charge >= 0.3 is 5.97 Å². The zero-order valence-electron chi connectivity index (χ0n) is 10.5. The number of carbonyl (C=O) groups is 1. The Labute approximate surface area is 123 Å². The second-order valence-electron chi connectivity index (χ2n) is 4.41. The van der Waals surface area contributed by atoms with Gasteiger partial charge in [-0.2, -0.15) is 4.72 Å². The first-order valence-corrected chi connectivity index (χ1v) is 7.96. The molecule has 1 saturated heterocycles. The predicted octanol–water partition coefficient (Wildman–Crippen LogP) is -0.510. The smallest absolute Gasteiger partial charge is 0.325 e. The van der Waals surface area contributed by atoms with Crippen LogP contribution in [0, 0.1) is 0 Å². The first kappa shape index (κ1) is 15.4. The summed E-state index contributed by atoms with van der Waals surface area (Å²) in [4.78, 5) is 11.5. The van der Waals surface area contributed by atoms with E-state index in [1.165, 1.54) is 7.05 Å². The van der Waals surface area contributed by atoms with Crippen LogP contribution in [0.15, 0.2) is 9.63 Å². The Morgan fingerprint density at radius 3 is 2.55 bits per heavy atom. The molecule has 20 heavy (non-hydrogen) atoms. The van der Waals surface area contributed by atoms with Crippen molar-refractivity contribution in [3.63, 3.8) is 0 Å². The third-order valence-electron chi connectivity index (χ3n) is 3.08. The number of rotatable bonds is 4. The zero-order chi connectivity index (χ0) is 15.0. The lowest BCUT2D eigenvalue weighted by molar-refractivity contribution is -0.147. The van der Waals surface area contributed by atoms with Gasteiger partial charge in [0.05, 0.1) is 0 Å². The molecule has 0 aliphatic carbocycles. The molecule has 1 fully saturated rings. The molecule has 9 nitrogen and oxygen atoms in total. The Morgan fingerprint density at radius 1 is 1.50 bits per heavy atom. The van der Waals surface area contributed by atoms with Gasteiger partial charge in [-0.15, -0.1) is 5.10 Å². The molecule has 1 aliphatic rings. The number of carboxylic acid groups (broad SMARTS) is 1. The van der Waals surface area contributed by atoms with Crippen LogP contribution in [0.3, 0.4) is 0 Å². The van der Waals surface area contributed by atoms with Crippen LogP contribution in [0.1, 0.15) is 12.8 Å². The van der Waals surface area contributed by atoms with Crippen molar-refractivity contribution in [2.45, 2.75) is 23.4 Å².